The molecule has 1 aliphatic carbocycles. The molecule has 1 aliphatic rings. The fourth-order valence-corrected chi connectivity index (χ4v) is 3.94. The van der Waals surface area contributed by atoms with Crippen LogP contribution in [0.3, 0.4) is 0 Å². The van der Waals surface area contributed by atoms with E-state index in [0.29, 0.717) is 0 Å². The monoisotopic (exact) mass is 362 g/mol. The lowest BCUT2D eigenvalue weighted by Crippen LogP contribution is -2.35. The summed E-state index contributed by atoms with van der Waals surface area (Å²) in [6, 6.07) is 13.8. The molecule has 0 saturated heterocycles. The summed E-state index contributed by atoms with van der Waals surface area (Å²) in [5, 5.41) is 12.9. The van der Waals surface area contributed by atoms with Crippen LogP contribution in [0.5, 0.6) is 0 Å². The van der Waals surface area contributed by atoms with Crippen molar-refractivity contribution in [2.24, 2.45) is 0 Å². The summed E-state index contributed by atoms with van der Waals surface area (Å²) in [6.45, 7) is 6.47. The second-order valence-electron chi connectivity index (χ2n) is 8.20. The van der Waals surface area contributed by atoms with E-state index >= 15 is 0 Å². The lowest BCUT2D eigenvalue weighted by Gasteiger charge is -2.28. The molecule has 0 spiro atoms. The normalized spacial score (nSPS) is 16.8. The summed E-state index contributed by atoms with van der Waals surface area (Å²) in [6.07, 6.45) is 4.91. The molecule has 5 nitrogen and oxygen atoms in total. The van der Waals surface area contributed by atoms with Crippen molar-refractivity contribution in [3.05, 3.63) is 59.9 Å². The largest absolute Gasteiger partial charge is 0.331 e. The molecule has 1 heterocycles. The Balaban J connectivity index is 1.54. The minimum atomic E-state index is -0.173. The number of benzene rings is 2. The molecule has 2 N–H and O–H groups in total. The number of carbonyl (C=O) groups is 1. The zero-order chi connectivity index (χ0) is 19.0. The third kappa shape index (κ3) is 3.42. The van der Waals surface area contributed by atoms with Gasteiger partial charge in [-0.25, -0.2) is 4.79 Å². The van der Waals surface area contributed by atoms with Crippen molar-refractivity contribution in [1.29, 1.82) is 0 Å². The van der Waals surface area contributed by atoms with Crippen molar-refractivity contribution in [3.8, 4) is 0 Å². The zero-order valence-electron chi connectivity index (χ0n) is 16.1. The first-order valence-corrected chi connectivity index (χ1v) is 9.56. The number of urea groups is 1. The number of anilines is 1. The summed E-state index contributed by atoms with van der Waals surface area (Å²) < 4.78 is 2.10. The number of hydrogen-bond acceptors (Lipinski definition) is 2. The van der Waals surface area contributed by atoms with E-state index < -0.39 is 0 Å². The molecule has 1 aromatic heterocycles. The molecule has 0 fully saturated rings. The first-order chi connectivity index (χ1) is 12.9. The van der Waals surface area contributed by atoms with Crippen LogP contribution in [0.25, 0.3) is 10.8 Å². The summed E-state index contributed by atoms with van der Waals surface area (Å²) in [7, 11) is 0. The van der Waals surface area contributed by atoms with Gasteiger partial charge < -0.3 is 10.6 Å². The Bertz CT molecular complexity index is 978. The summed E-state index contributed by atoms with van der Waals surface area (Å²) in [5.74, 6) is 0. The van der Waals surface area contributed by atoms with Crippen LogP contribution in [0, 0.1) is 0 Å². The van der Waals surface area contributed by atoms with E-state index in [1.54, 1.807) is 0 Å². The molecule has 1 atom stereocenters. The van der Waals surface area contributed by atoms with Crippen LogP contribution in [0.4, 0.5) is 10.5 Å². The molecule has 5 heteroatoms. The molecule has 0 bridgehead atoms. The number of rotatable bonds is 2. The maximum absolute atomic E-state index is 12.7. The molecular formula is C22H26N4O. The Morgan fingerprint density at radius 2 is 1.93 bits per heavy atom. The van der Waals surface area contributed by atoms with E-state index in [4.69, 9.17) is 0 Å². The fraction of sp³-hybridized carbons (Fsp3) is 0.364. The summed E-state index contributed by atoms with van der Waals surface area (Å²) >= 11 is 0. The van der Waals surface area contributed by atoms with Gasteiger partial charge in [-0.2, -0.15) is 5.10 Å². The molecule has 0 aliphatic heterocycles. The maximum atomic E-state index is 12.7. The molecule has 4 rings (SSSR count). The van der Waals surface area contributed by atoms with Gasteiger partial charge in [0.1, 0.15) is 0 Å². The lowest BCUT2D eigenvalue weighted by molar-refractivity contribution is 0.247. The second-order valence-corrected chi connectivity index (χ2v) is 8.20. The van der Waals surface area contributed by atoms with E-state index in [-0.39, 0.29) is 17.6 Å². The molecule has 0 radical (unpaired) electrons. The average molecular weight is 362 g/mol. The van der Waals surface area contributed by atoms with Gasteiger partial charge in [0.25, 0.3) is 0 Å². The van der Waals surface area contributed by atoms with E-state index in [2.05, 4.69) is 41.2 Å². The number of aromatic nitrogens is 2. The van der Waals surface area contributed by atoms with Gasteiger partial charge in [-0.15, -0.1) is 0 Å². The maximum Gasteiger partial charge on any atom is 0.319 e. The Labute approximate surface area is 159 Å². The van der Waals surface area contributed by atoms with Crippen molar-refractivity contribution in [2.75, 3.05) is 5.32 Å². The highest BCUT2D eigenvalue weighted by Gasteiger charge is 2.29. The lowest BCUT2D eigenvalue weighted by atomic mass is 9.92. The number of carbonyl (C=O) groups excluding carboxylic acids is 1. The fourth-order valence-electron chi connectivity index (χ4n) is 3.94. The first-order valence-electron chi connectivity index (χ1n) is 9.56. The Morgan fingerprint density at radius 1 is 1.15 bits per heavy atom. The van der Waals surface area contributed by atoms with Gasteiger partial charge in [-0.3, -0.25) is 4.68 Å². The smallest absolute Gasteiger partial charge is 0.319 e. The van der Waals surface area contributed by atoms with Crippen LogP contribution in [0.1, 0.15) is 50.9 Å². The molecular weight excluding hydrogens is 336 g/mol. The third-order valence-corrected chi connectivity index (χ3v) is 5.16. The summed E-state index contributed by atoms with van der Waals surface area (Å²) in [4.78, 5) is 12.7. The minimum Gasteiger partial charge on any atom is -0.331 e. The van der Waals surface area contributed by atoms with E-state index in [1.807, 2.05) is 48.7 Å². The van der Waals surface area contributed by atoms with Crippen LogP contribution >= 0.6 is 0 Å². The predicted octanol–water partition coefficient (Wildman–Crippen LogP) is 4.99. The van der Waals surface area contributed by atoms with Crippen molar-refractivity contribution in [3.63, 3.8) is 0 Å². The molecule has 140 valence electrons. The molecule has 0 unspecified atom stereocenters. The predicted molar refractivity (Wildman–Crippen MR) is 109 cm³/mol. The quantitative estimate of drug-likeness (QED) is 0.675. The van der Waals surface area contributed by atoms with Crippen molar-refractivity contribution < 1.29 is 4.79 Å². The number of nitrogens with one attached hydrogen (secondary N) is 2. The number of fused-ring (bicyclic) bond motifs is 2. The average Bonchev–Trinajstić information content (AvgIpc) is 3.07. The Hall–Kier alpha value is -2.82. The van der Waals surface area contributed by atoms with Crippen LogP contribution in [-0.4, -0.2) is 15.8 Å². The number of amides is 2. The van der Waals surface area contributed by atoms with Crippen LogP contribution in [-0.2, 0) is 12.0 Å². The SMILES string of the molecule is CC(C)(C)n1ncc2c1CCC[C@H]2NC(=O)Nc1cccc2ccccc12. The number of hydrogen-bond donors (Lipinski definition) is 2. The standard InChI is InChI=1S/C22H26N4O/c1-22(2,3)26-20-13-7-12-19(17(20)14-23-26)25-21(27)24-18-11-6-9-15-8-4-5-10-16(15)18/h4-6,8-11,14,19H,7,12-13H2,1-3H3,(H2,24,25,27)/t19-/m1/s1. The van der Waals surface area contributed by atoms with Gasteiger partial charge in [-0.05, 0) is 51.5 Å². The van der Waals surface area contributed by atoms with Gasteiger partial charge in [0.05, 0.1) is 23.5 Å². The van der Waals surface area contributed by atoms with Gasteiger partial charge >= 0.3 is 6.03 Å². The van der Waals surface area contributed by atoms with E-state index in [0.717, 1.165) is 41.3 Å². The molecule has 2 amide bonds. The third-order valence-electron chi connectivity index (χ3n) is 5.16. The second kappa shape index (κ2) is 6.72. The zero-order valence-corrected chi connectivity index (χ0v) is 16.1. The topological polar surface area (TPSA) is 59.0 Å². The van der Waals surface area contributed by atoms with Crippen LogP contribution in [0.2, 0.25) is 0 Å². The van der Waals surface area contributed by atoms with E-state index in [1.165, 1.54) is 5.69 Å². The highest BCUT2D eigenvalue weighted by atomic mass is 16.2. The number of nitrogens with zero attached hydrogens (tertiary/aromatic N) is 2. The minimum absolute atomic E-state index is 0.000161. The van der Waals surface area contributed by atoms with Gasteiger partial charge in [0.15, 0.2) is 0 Å². The highest BCUT2D eigenvalue weighted by molar-refractivity contribution is 6.01. The molecule has 27 heavy (non-hydrogen) atoms. The first kappa shape index (κ1) is 17.6. The van der Waals surface area contributed by atoms with Crippen molar-refractivity contribution >= 4 is 22.5 Å². The van der Waals surface area contributed by atoms with Gasteiger partial charge in [0, 0.05) is 16.6 Å². The van der Waals surface area contributed by atoms with Crippen molar-refractivity contribution in [1.82, 2.24) is 15.1 Å². The summed E-state index contributed by atoms with van der Waals surface area (Å²) in [5.41, 5.74) is 3.15. The highest BCUT2D eigenvalue weighted by Crippen LogP contribution is 2.32. The molecule has 2 aromatic carbocycles. The Morgan fingerprint density at radius 3 is 2.74 bits per heavy atom. The van der Waals surface area contributed by atoms with Crippen LogP contribution in [0.15, 0.2) is 48.7 Å². The van der Waals surface area contributed by atoms with Gasteiger partial charge in [0.2, 0.25) is 0 Å². The Kier molecular flexibility index (Phi) is 4.38. The van der Waals surface area contributed by atoms with Crippen molar-refractivity contribution in [2.45, 2.75) is 51.6 Å². The van der Waals surface area contributed by atoms with E-state index in [9.17, 15) is 4.79 Å². The molecule has 0 saturated carbocycles. The van der Waals surface area contributed by atoms with Crippen LogP contribution < -0.4 is 10.6 Å². The van der Waals surface area contributed by atoms with Gasteiger partial charge in [-0.1, -0.05) is 36.4 Å². The molecule has 3 aromatic rings.